The molecule has 11 heteroatoms. The van der Waals surface area contributed by atoms with Gasteiger partial charge in [-0.1, -0.05) is 11.6 Å². The van der Waals surface area contributed by atoms with Crippen molar-refractivity contribution in [2.75, 3.05) is 36.0 Å². The molecule has 168 valence electrons. The number of aliphatic hydroxyl groups is 1. The van der Waals surface area contributed by atoms with E-state index < -0.39 is 34.5 Å². The Hall–Kier alpha value is -2.25. The summed E-state index contributed by atoms with van der Waals surface area (Å²) in [6, 6.07) is 1.15. The lowest BCUT2D eigenvalue weighted by Gasteiger charge is -2.45. The minimum Gasteiger partial charge on any atom is -0.466 e. The van der Waals surface area contributed by atoms with Crippen LogP contribution in [0.5, 0.6) is 0 Å². The lowest BCUT2D eigenvalue weighted by molar-refractivity contribution is -0.143. The number of carbonyl (C=O) groups is 1. The quantitative estimate of drug-likeness (QED) is 0.678. The van der Waals surface area contributed by atoms with Gasteiger partial charge in [0.2, 0.25) is 0 Å². The summed E-state index contributed by atoms with van der Waals surface area (Å²) in [6.45, 7) is 4.66. The highest BCUT2D eigenvalue weighted by atomic mass is 35.5. The van der Waals surface area contributed by atoms with Crippen LogP contribution in [0.2, 0.25) is 5.02 Å². The summed E-state index contributed by atoms with van der Waals surface area (Å²) in [5, 5.41) is 18.7. The average Bonchev–Trinajstić information content (AvgIpc) is 3.12. The lowest BCUT2D eigenvalue weighted by atomic mass is 9.99. The molecule has 0 radical (unpaired) electrons. The molecule has 1 aromatic rings. The largest absolute Gasteiger partial charge is 0.466 e. The Kier molecular flexibility index (Phi) is 5.46. The number of piperidine rings is 1. The monoisotopic (exact) mass is 458 g/mol. The van der Waals surface area contributed by atoms with E-state index in [1.54, 1.807) is 24.8 Å². The van der Waals surface area contributed by atoms with Crippen molar-refractivity contribution in [3.05, 3.63) is 16.1 Å². The van der Waals surface area contributed by atoms with Crippen LogP contribution in [0, 0.1) is 29.1 Å². The number of rotatable bonds is 5. The van der Waals surface area contributed by atoms with Crippen molar-refractivity contribution in [3.8, 4) is 6.07 Å². The predicted octanol–water partition coefficient (Wildman–Crippen LogP) is 2.83. The normalized spacial score (nSPS) is 29.3. The number of hydrogen-bond donors (Lipinski definition) is 1. The summed E-state index contributed by atoms with van der Waals surface area (Å²) in [5.74, 6) is 0.0878. The lowest BCUT2D eigenvalue weighted by Crippen LogP contribution is -2.59. The van der Waals surface area contributed by atoms with Crippen LogP contribution in [-0.2, 0) is 15.7 Å². The van der Waals surface area contributed by atoms with Gasteiger partial charge in [-0.25, -0.2) is 4.98 Å². The van der Waals surface area contributed by atoms with E-state index in [2.05, 4.69) is 4.98 Å². The zero-order valence-electron chi connectivity index (χ0n) is 17.0. The third-order valence-corrected chi connectivity index (χ3v) is 6.94. The first-order valence-electron chi connectivity index (χ1n) is 10.1. The molecule has 1 aromatic heterocycles. The molecule has 1 aliphatic carbocycles. The molecular weight excluding hydrogens is 437 g/mol. The van der Waals surface area contributed by atoms with Crippen LogP contribution in [0.15, 0.2) is 0 Å². The smallest absolute Gasteiger partial charge is 0.419 e. The molecule has 5 atom stereocenters. The number of nitrogens with zero attached hydrogens (tertiary/aromatic N) is 4. The Balaban J connectivity index is 1.64. The Bertz CT molecular complexity index is 939. The van der Waals surface area contributed by atoms with Crippen LogP contribution in [0.25, 0.3) is 0 Å². The molecule has 2 aliphatic heterocycles. The average molecular weight is 459 g/mol. The van der Waals surface area contributed by atoms with Gasteiger partial charge >= 0.3 is 12.1 Å². The third-order valence-electron chi connectivity index (χ3n) is 6.58. The number of pyridine rings is 1. The zero-order valence-corrected chi connectivity index (χ0v) is 17.7. The Morgan fingerprint density at radius 1 is 1.32 bits per heavy atom. The molecule has 3 heterocycles. The fourth-order valence-corrected chi connectivity index (χ4v) is 5.10. The second kappa shape index (κ2) is 7.71. The third kappa shape index (κ3) is 3.68. The highest BCUT2D eigenvalue weighted by molar-refractivity contribution is 6.34. The minimum atomic E-state index is -4.84. The van der Waals surface area contributed by atoms with E-state index in [1.807, 2.05) is 0 Å². The van der Waals surface area contributed by atoms with Crippen molar-refractivity contribution in [2.45, 2.75) is 38.6 Å². The minimum absolute atomic E-state index is 0.0151. The number of carbonyl (C=O) groups excluding carboxylic acids is 1. The van der Waals surface area contributed by atoms with Crippen LogP contribution in [0.1, 0.15) is 31.4 Å². The number of alkyl halides is 3. The molecule has 2 saturated heterocycles. The molecule has 3 fully saturated rings. The van der Waals surface area contributed by atoms with E-state index in [0.717, 1.165) is 0 Å². The number of β-amino-alcohol motifs (C(OH)–C–C–N with tert-alkyl or cyclic N) is 1. The molecule has 7 nitrogen and oxygen atoms in total. The van der Waals surface area contributed by atoms with Crippen molar-refractivity contribution >= 4 is 29.2 Å². The van der Waals surface area contributed by atoms with Gasteiger partial charge in [0.1, 0.15) is 17.5 Å². The molecule has 0 aromatic carbocycles. The van der Waals surface area contributed by atoms with Crippen LogP contribution in [0.4, 0.5) is 24.8 Å². The first kappa shape index (κ1) is 22.0. The van der Waals surface area contributed by atoms with Gasteiger partial charge in [-0.2, -0.15) is 18.4 Å². The maximum absolute atomic E-state index is 13.9. The summed E-state index contributed by atoms with van der Waals surface area (Å²) in [5.41, 5.74) is -1.83. The zero-order chi connectivity index (χ0) is 22.7. The molecular formula is C20H22ClF3N4O3. The van der Waals surface area contributed by atoms with E-state index >= 15 is 0 Å². The van der Waals surface area contributed by atoms with Gasteiger partial charge in [-0.05, 0) is 31.6 Å². The van der Waals surface area contributed by atoms with Crippen molar-refractivity contribution in [3.63, 3.8) is 0 Å². The summed E-state index contributed by atoms with van der Waals surface area (Å²) in [4.78, 5) is 19.3. The number of esters is 1. The number of hydrogen-bond acceptors (Lipinski definition) is 7. The topological polar surface area (TPSA) is 89.7 Å². The second-order valence-electron chi connectivity index (χ2n) is 8.30. The molecule has 1 N–H and O–H groups in total. The molecule has 0 amide bonds. The number of ether oxygens (including phenoxy) is 1. The van der Waals surface area contributed by atoms with Crippen LogP contribution >= 0.6 is 11.6 Å². The Morgan fingerprint density at radius 2 is 1.97 bits per heavy atom. The van der Waals surface area contributed by atoms with Gasteiger partial charge < -0.3 is 19.6 Å². The van der Waals surface area contributed by atoms with Crippen molar-refractivity contribution in [1.29, 1.82) is 5.26 Å². The Labute approximate surface area is 182 Å². The first-order chi connectivity index (χ1) is 14.6. The van der Waals surface area contributed by atoms with Gasteiger partial charge in [0.15, 0.2) is 5.82 Å². The van der Waals surface area contributed by atoms with E-state index in [9.17, 15) is 28.3 Å². The second-order valence-corrected chi connectivity index (χ2v) is 8.68. The van der Waals surface area contributed by atoms with Crippen molar-refractivity contribution in [1.82, 2.24) is 4.98 Å². The van der Waals surface area contributed by atoms with Gasteiger partial charge in [-0.15, -0.1) is 0 Å². The SMILES string of the molecule is CCOC(=O)CC1[C@H]2CN(c3nc(N4C[C@@H](O)[C@@H]4C)c(C#N)c(C(F)(F)F)c3Cl)C[C@@H]12. The summed E-state index contributed by atoms with van der Waals surface area (Å²) in [7, 11) is 0. The highest BCUT2D eigenvalue weighted by Gasteiger charge is 2.57. The van der Waals surface area contributed by atoms with Crippen LogP contribution in [-0.4, -0.2) is 54.4 Å². The van der Waals surface area contributed by atoms with Gasteiger partial charge in [0.05, 0.1) is 29.3 Å². The fourth-order valence-electron chi connectivity index (χ4n) is 4.74. The molecule has 4 rings (SSSR count). The number of anilines is 2. The highest BCUT2D eigenvalue weighted by Crippen LogP contribution is 2.56. The standard InChI is InChI=1S/C20H22ClF3N4O3/c1-3-31-15(30)4-10-12-6-27(7-13(10)12)19-17(21)16(20(22,23)24)11(5-25)18(26-19)28-8-14(29)9(28)2/h9-10,12-14,29H,3-4,6-8H2,1-2H3/t9-,10?,12-,13+,14+/m0/s1. The van der Waals surface area contributed by atoms with Crippen LogP contribution < -0.4 is 9.80 Å². The summed E-state index contributed by atoms with van der Waals surface area (Å²) in [6.07, 6.45) is -5.24. The van der Waals surface area contributed by atoms with Gasteiger partial charge in [-0.3, -0.25) is 4.79 Å². The number of fused-ring (bicyclic) bond motifs is 1. The molecule has 0 bridgehead atoms. The van der Waals surface area contributed by atoms with Gasteiger partial charge in [0.25, 0.3) is 0 Å². The number of nitriles is 1. The number of aromatic nitrogens is 1. The van der Waals surface area contributed by atoms with Crippen LogP contribution in [0.3, 0.4) is 0 Å². The first-order valence-corrected chi connectivity index (χ1v) is 10.5. The number of halogens is 4. The molecule has 31 heavy (non-hydrogen) atoms. The van der Waals surface area contributed by atoms with E-state index in [-0.39, 0.29) is 41.9 Å². The fraction of sp³-hybridized carbons (Fsp3) is 0.650. The van der Waals surface area contributed by atoms with E-state index in [1.165, 1.54) is 4.90 Å². The molecule has 1 saturated carbocycles. The molecule has 1 unspecified atom stereocenters. The predicted molar refractivity (Wildman–Crippen MR) is 106 cm³/mol. The Morgan fingerprint density at radius 3 is 2.45 bits per heavy atom. The number of aliphatic hydroxyl groups excluding tert-OH is 1. The maximum atomic E-state index is 13.9. The summed E-state index contributed by atoms with van der Waals surface area (Å²) < 4.78 is 46.6. The molecule has 0 spiro atoms. The van der Waals surface area contributed by atoms with Crippen molar-refractivity contribution < 1.29 is 27.8 Å². The van der Waals surface area contributed by atoms with Crippen molar-refractivity contribution in [2.24, 2.45) is 17.8 Å². The molecule has 3 aliphatic rings. The van der Waals surface area contributed by atoms with E-state index in [4.69, 9.17) is 16.3 Å². The summed E-state index contributed by atoms with van der Waals surface area (Å²) >= 11 is 6.17. The van der Waals surface area contributed by atoms with Gasteiger partial charge in [0, 0.05) is 26.1 Å². The van der Waals surface area contributed by atoms with E-state index in [0.29, 0.717) is 26.1 Å². The maximum Gasteiger partial charge on any atom is 0.419 e.